The maximum atomic E-state index is 6.06. The minimum absolute atomic E-state index is 0.594. The molecule has 0 unspecified atom stereocenters. The number of benzene rings is 7. The van der Waals surface area contributed by atoms with E-state index in [4.69, 9.17) is 18.8 Å². The first-order valence-electron chi connectivity index (χ1n) is 16.8. The number of oxazole rings is 2. The van der Waals surface area contributed by atoms with E-state index in [9.17, 15) is 0 Å². The van der Waals surface area contributed by atoms with Gasteiger partial charge >= 0.3 is 0 Å². The van der Waals surface area contributed by atoms with E-state index < -0.39 is 0 Å². The van der Waals surface area contributed by atoms with Crippen molar-refractivity contribution >= 4 is 61.1 Å². The van der Waals surface area contributed by atoms with Crippen molar-refractivity contribution in [3.05, 3.63) is 170 Å². The number of hydrogen-bond donors (Lipinski definition) is 0. The van der Waals surface area contributed by atoms with Gasteiger partial charge in [-0.25, -0.2) is 15.0 Å². The molecule has 10 aromatic rings. The summed E-state index contributed by atoms with van der Waals surface area (Å²) in [5.74, 6) is 2.03. The highest BCUT2D eigenvalue weighted by atomic mass is 16.4. The number of hydrogen-bond acceptors (Lipinski definition) is 6. The zero-order valence-corrected chi connectivity index (χ0v) is 27.3. The summed E-state index contributed by atoms with van der Waals surface area (Å²) in [6.07, 6.45) is 0. The Labute approximate surface area is 292 Å². The molecule has 0 atom stereocenters. The van der Waals surface area contributed by atoms with Gasteiger partial charge in [0.2, 0.25) is 11.8 Å². The Morgan fingerprint density at radius 1 is 0.353 bits per heavy atom. The molecule has 0 spiro atoms. The van der Waals surface area contributed by atoms with Crippen molar-refractivity contribution in [2.75, 3.05) is 4.90 Å². The molecule has 0 N–H and O–H groups in total. The summed E-state index contributed by atoms with van der Waals surface area (Å²) in [6.45, 7) is 0. The molecule has 3 aromatic heterocycles. The van der Waals surface area contributed by atoms with Crippen LogP contribution in [0.3, 0.4) is 0 Å². The van der Waals surface area contributed by atoms with E-state index in [0.717, 1.165) is 77.9 Å². The summed E-state index contributed by atoms with van der Waals surface area (Å²) in [6, 6.07) is 57.8. The van der Waals surface area contributed by atoms with Gasteiger partial charge in [0.05, 0.1) is 5.52 Å². The van der Waals surface area contributed by atoms with E-state index in [-0.39, 0.29) is 0 Å². The first-order chi connectivity index (χ1) is 25.2. The summed E-state index contributed by atoms with van der Waals surface area (Å²) in [5.41, 5.74) is 10.2. The molecule has 6 nitrogen and oxygen atoms in total. The molecule has 0 aliphatic carbocycles. The molecule has 51 heavy (non-hydrogen) atoms. The van der Waals surface area contributed by atoms with Crippen molar-refractivity contribution in [2.24, 2.45) is 0 Å². The molecule has 0 saturated carbocycles. The van der Waals surface area contributed by atoms with Crippen LogP contribution in [0, 0.1) is 0 Å². The number of nitrogens with zero attached hydrogens (tertiary/aromatic N) is 4. The Balaban J connectivity index is 1.01. The molecule has 240 valence electrons. The van der Waals surface area contributed by atoms with Crippen molar-refractivity contribution in [1.82, 2.24) is 15.0 Å². The standard InChI is InChI=1S/C45H28N4O2/c1-2-8-34-28-40-35(27-33(34)7-1)21-26-43(46-40)49(37-24-19-32(20-25-37)45-48-39-10-4-6-12-42(39)51-45)36-22-17-30(18-23-36)29-13-15-31(16-14-29)44-47-38-9-3-5-11-41(38)50-44/h1-28H. The largest absolute Gasteiger partial charge is 0.436 e. The third kappa shape index (κ3) is 5.27. The Morgan fingerprint density at radius 3 is 1.39 bits per heavy atom. The van der Waals surface area contributed by atoms with Gasteiger partial charge in [0.15, 0.2) is 11.2 Å². The van der Waals surface area contributed by atoms with E-state index >= 15 is 0 Å². The van der Waals surface area contributed by atoms with E-state index in [1.165, 1.54) is 5.39 Å². The van der Waals surface area contributed by atoms with E-state index in [2.05, 4.69) is 119 Å². The van der Waals surface area contributed by atoms with Gasteiger partial charge in [-0.05, 0) is 119 Å². The van der Waals surface area contributed by atoms with Crippen LogP contribution in [-0.4, -0.2) is 15.0 Å². The maximum absolute atomic E-state index is 6.06. The topological polar surface area (TPSA) is 68.2 Å². The number of para-hydroxylation sites is 4. The van der Waals surface area contributed by atoms with Gasteiger partial charge in [0, 0.05) is 27.9 Å². The lowest BCUT2D eigenvalue weighted by Gasteiger charge is -2.25. The predicted molar refractivity (Wildman–Crippen MR) is 205 cm³/mol. The Morgan fingerprint density at radius 2 is 0.824 bits per heavy atom. The summed E-state index contributed by atoms with van der Waals surface area (Å²) in [5, 5.41) is 3.46. The lowest BCUT2D eigenvalue weighted by atomic mass is 10.0. The minimum Gasteiger partial charge on any atom is -0.436 e. The number of pyridine rings is 1. The van der Waals surface area contributed by atoms with Crippen molar-refractivity contribution in [3.63, 3.8) is 0 Å². The fourth-order valence-electron chi connectivity index (χ4n) is 6.69. The summed E-state index contributed by atoms with van der Waals surface area (Å²) >= 11 is 0. The zero-order valence-electron chi connectivity index (χ0n) is 27.3. The maximum Gasteiger partial charge on any atom is 0.227 e. The van der Waals surface area contributed by atoms with Crippen LogP contribution in [0.15, 0.2) is 179 Å². The van der Waals surface area contributed by atoms with Gasteiger partial charge in [-0.2, -0.15) is 0 Å². The van der Waals surface area contributed by atoms with Gasteiger partial charge in [-0.3, -0.25) is 4.90 Å². The molecular weight excluding hydrogens is 629 g/mol. The highest BCUT2D eigenvalue weighted by molar-refractivity contribution is 5.97. The lowest BCUT2D eigenvalue weighted by molar-refractivity contribution is 0.619. The second-order valence-electron chi connectivity index (χ2n) is 12.5. The first-order valence-corrected chi connectivity index (χ1v) is 16.8. The highest BCUT2D eigenvalue weighted by Gasteiger charge is 2.17. The number of anilines is 3. The van der Waals surface area contributed by atoms with E-state index in [1.807, 2.05) is 60.7 Å². The van der Waals surface area contributed by atoms with Crippen LogP contribution in [0.4, 0.5) is 17.2 Å². The molecule has 0 amide bonds. The first kappa shape index (κ1) is 28.9. The quantitative estimate of drug-likeness (QED) is 0.166. The van der Waals surface area contributed by atoms with Crippen molar-refractivity contribution in [2.45, 2.75) is 0 Å². The van der Waals surface area contributed by atoms with Crippen LogP contribution >= 0.6 is 0 Å². The third-order valence-electron chi connectivity index (χ3n) is 9.32. The second-order valence-corrected chi connectivity index (χ2v) is 12.5. The third-order valence-corrected chi connectivity index (χ3v) is 9.32. The van der Waals surface area contributed by atoms with Gasteiger partial charge in [-0.15, -0.1) is 0 Å². The molecular formula is C45H28N4O2. The van der Waals surface area contributed by atoms with Crippen LogP contribution in [0.5, 0.6) is 0 Å². The number of fused-ring (bicyclic) bond motifs is 4. The normalized spacial score (nSPS) is 11.5. The molecule has 0 saturated heterocycles. The molecule has 0 radical (unpaired) electrons. The van der Waals surface area contributed by atoms with Gasteiger partial charge in [0.25, 0.3) is 0 Å². The Hall–Kier alpha value is -7.05. The molecule has 6 heteroatoms. The van der Waals surface area contributed by atoms with Crippen molar-refractivity contribution in [3.8, 4) is 34.0 Å². The number of aromatic nitrogens is 3. The van der Waals surface area contributed by atoms with Crippen molar-refractivity contribution < 1.29 is 8.83 Å². The second kappa shape index (κ2) is 11.8. The SMILES string of the molecule is c1ccc2cc3nc(N(c4ccc(-c5ccc(-c6nc7ccccc7o6)cc5)cc4)c4ccc(-c5nc6ccccc6o5)cc4)ccc3cc2c1. The number of rotatable bonds is 6. The fourth-order valence-corrected chi connectivity index (χ4v) is 6.69. The summed E-state index contributed by atoms with van der Waals surface area (Å²) in [4.78, 5) is 16.7. The van der Waals surface area contributed by atoms with Crippen LogP contribution in [0.25, 0.3) is 77.9 Å². The summed E-state index contributed by atoms with van der Waals surface area (Å²) < 4.78 is 12.1. The minimum atomic E-state index is 0.594. The smallest absolute Gasteiger partial charge is 0.227 e. The molecule has 10 rings (SSSR count). The van der Waals surface area contributed by atoms with Crippen LogP contribution in [0.1, 0.15) is 0 Å². The Kier molecular flexibility index (Phi) is 6.70. The average molecular weight is 657 g/mol. The average Bonchev–Trinajstić information content (AvgIpc) is 3.83. The molecule has 0 aliphatic heterocycles. The van der Waals surface area contributed by atoms with Gasteiger partial charge in [-0.1, -0.05) is 72.8 Å². The molecule has 0 fully saturated rings. The van der Waals surface area contributed by atoms with Gasteiger partial charge in [0.1, 0.15) is 16.9 Å². The molecule has 7 aromatic carbocycles. The van der Waals surface area contributed by atoms with Crippen molar-refractivity contribution in [1.29, 1.82) is 0 Å². The Bertz CT molecular complexity index is 2790. The van der Waals surface area contributed by atoms with E-state index in [1.54, 1.807) is 0 Å². The van der Waals surface area contributed by atoms with Gasteiger partial charge < -0.3 is 8.83 Å². The summed E-state index contributed by atoms with van der Waals surface area (Å²) in [7, 11) is 0. The van der Waals surface area contributed by atoms with Crippen LogP contribution in [0.2, 0.25) is 0 Å². The zero-order chi connectivity index (χ0) is 33.7. The molecule has 3 heterocycles. The van der Waals surface area contributed by atoms with E-state index in [0.29, 0.717) is 11.8 Å². The monoisotopic (exact) mass is 656 g/mol. The lowest BCUT2D eigenvalue weighted by Crippen LogP contribution is -2.11. The van der Waals surface area contributed by atoms with Crippen LogP contribution in [-0.2, 0) is 0 Å². The predicted octanol–water partition coefficient (Wildman–Crippen LogP) is 12.1. The fraction of sp³-hybridized carbons (Fsp3) is 0. The molecule has 0 aliphatic rings. The van der Waals surface area contributed by atoms with Crippen LogP contribution < -0.4 is 4.90 Å². The molecule has 0 bridgehead atoms. The highest BCUT2D eigenvalue weighted by Crippen LogP contribution is 2.37.